The second-order valence-corrected chi connectivity index (χ2v) is 8.34. The molecular formula is C16H18IN3OS. The molecule has 0 spiro atoms. The molecule has 2 atom stereocenters. The molecular weight excluding hydrogens is 409 g/mol. The van der Waals surface area contributed by atoms with Gasteiger partial charge in [0.15, 0.2) is 0 Å². The van der Waals surface area contributed by atoms with Crippen molar-refractivity contribution in [1.82, 2.24) is 15.2 Å². The molecule has 3 aliphatic heterocycles. The number of carbonyl (C=O) groups excluding carboxylic acids is 1. The molecule has 2 aromatic rings. The first-order valence-corrected chi connectivity index (χ1v) is 9.67. The fraction of sp³-hybridized carbons (Fsp3) is 0.500. The van der Waals surface area contributed by atoms with Gasteiger partial charge >= 0.3 is 0 Å². The average molecular weight is 427 g/mol. The molecule has 3 saturated heterocycles. The van der Waals surface area contributed by atoms with Crippen molar-refractivity contribution in [2.75, 3.05) is 13.1 Å². The van der Waals surface area contributed by atoms with Gasteiger partial charge in [-0.1, -0.05) is 0 Å². The third-order valence-electron chi connectivity index (χ3n) is 5.12. The first-order chi connectivity index (χ1) is 10.6. The van der Waals surface area contributed by atoms with Crippen LogP contribution >= 0.6 is 33.9 Å². The first-order valence-electron chi connectivity index (χ1n) is 7.71. The molecule has 4 nitrogen and oxygen atoms in total. The van der Waals surface area contributed by atoms with Gasteiger partial charge in [0.1, 0.15) is 5.69 Å². The zero-order valence-electron chi connectivity index (χ0n) is 12.4. The van der Waals surface area contributed by atoms with E-state index in [1.165, 1.54) is 29.5 Å². The van der Waals surface area contributed by atoms with Gasteiger partial charge in [-0.25, -0.2) is 4.98 Å². The lowest BCUT2D eigenvalue weighted by Crippen LogP contribution is -2.62. The van der Waals surface area contributed by atoms with Crippen LogP contribution in [0, 0.1) is 9.49 Å². The quantitative estimate of drug-likeness (QED) is 0.750. The predicted octanol–water partition coefficient (Wildman–Crippen LogP) is 3.11. The molecule has 3 fully saturated rings. The summed E-state index contributed by atoms with van der Waals surface area (Å²) in [4.78, 5) is 19.5. The summed E-state index contributed by atoms with van der Waals surface area (Å²) in [6.45, 7) is 4.58. The number of fused-ring (bicyclic) bond motifs is 4. The number of piperidine rings is 3. The smallest absolute Gasteiger partial charge is 0.270 e. The van der Waals surface area contributed by atoms with Gasteiger partial charge in [-0.3, -0.25) is 9.69 Å². The fourth-order valence-electron chi connectivity index (χ4n) is 3.80. The van der Waals surface area contributed by atoms with Gasteiger partial charge in [0.25, 0.3) is 5.91 Å². The van der Waals surface area contributed by atoms with Crippen LogP contribution in [0.5, 0.6) is 0 Å². The highest BCUT2D eigenvalue weighted by Crippen LogP contribution is 2.32. The Morgan fingerprint density at radius 2 is 2.23 bits per heavy atom. The number of nitrogens with zero attached hydrogens (tertiary/aromatic N) is 2. The lowest BCUT2D eigenvalue weighted by atomic mass is 9.79. The maximum atomic E-state index is 12.6. The predicted molar refractivity (Wildman–Crippen MR) is 97.4 cm³/mol. The number of rotatable bonds is 2. The first kappa shape index (κ1) is 14.8. The maximum absolute atomic E-state index is 12.6. The van der Waals surface area contributed by atoms with Crippen molar-refractivity contribution in [1.29, 1.82) is 0 Å². The Hall–Kier alpha value is -0.730. The van der Waals surface area contributed by atoms with Gasteiger partial charge in [-0.2, -0.15) is 0 Å². The van der Waals surface area contributed by atoms with Gasteiger partial charge in [0.05, 0.1) is 4.70 Å². The Balaban J connectivity index is 1.57. The largest absolute Gasteiger partial charge is 0.346 e. The van der Waals surface area contributed by atoms with Crippen LogP contribution in [0.1, 0.15) is 30.3 Å². The van der Waals surface area contributed by atoms with E-state index in [4.69, 9.17) is 0 Å². The van der Waals surface area contributed by atoms with Crippen molar-refractivity contribution in [3.63, 3.8) is 0 Å². The number of carbonyl (C=O) groups is 1. The van der Waals surface area contributed by atoms with Crippen LogP contribution in [0.3, 0.4) is 0 Å². The highest BCUT2D eigenvalue weighted by atomic mass is 127. The van der Waals surface area contributed by atoms with Crippen LogP contribution < -0.4 is 5.32 Å². The second-order valence-electron chi connectivity index (χ2n) is 6.26. The van der Waals surface area contributed by atoms with Crippen LogP contribution in [0.2, 0.25) is 0 Å². The van der Waals surface area contributed by atoms with Crippen molar-refractivity contribution in [2.24, 2.45) is 5.92 Å². The molecule has 2 unspecified atom stereocenters. The number of amides is 1. The summed E-state index contributed by atoms with van der Waals surface area (Å²) >= 11 is 3.98. The summed E-state index contributed by atoms with van der Waals surface area (Å²) in [6, 6.07) is 2.62. The van der Waals surface area contributed by atoms with Crippen molar-refractivity contribution < 1.29 is 4.79 Å². The van der Waals surface area contributed by atoms with Crippen LogP contribution in [0.25, 0.3) is 10.1 Å². The van der Waals surface area contributed by atoms with E-state index in [0.29, 0.717) is 17.7 Å². The monoisotopic (exact) mass is 427 g/mol. The summed E-state index contributed by atoms with van der Waals surface area (Å²) in [7, 11) is 0. The van der Waals surface area contributed by atoms with E-state index in [1.54, 1.807) is 11.3 Å². The van der Waals surface area contributed by atoms with E-state index in [-0.39, 0.29) is 11.9 Å². The molecule has 6 heteroatoms. The Bertz CT molecular complexity index is 721. The normalized spacial score (nSPS) is 30.6. The van der Waals surface area contributed by atoms with E-state index < -0.39 is 0 Å². The average Bonchev–Trinajstić information content (AvgIpc) is 2.92. The highest BCUT2D eigenvalue weighted by Gasteiger charge is 2.40. The minimum atomic E-state index is -0.0329. The van der Waals surface area contributed by atoms with Crippen molar-refractivity contribution in [3.8, 4) is 0 Å². The van der Waals surface area contributed by atoms with Gasteiger partial charge in [-0.15, -0.1) is 11.3 Å². The van der Waals surface area contributed by atoms with Gasteiger partial charge < -0.3 is 5.32 Å². The summed E-state index contributed by atoms with van der Waals surface area (Å²) in [5.41, 5.74) is 0.535. The summed E-state index contributed by atoms with van der Waals surface area (Å²) in [5.74, 6) is 0.587. The van der Waals surface area contributed by atoms with E-state index in [2.05, 4.69) is 50.1 Å². The van der Waals surface area contributed by atoms with Crippen molar-refractivity contribution in [2.45, 2.75) is 31.8 Å². The maximum Gasteiger partial charge on any atom is 0.270 e. The topological polar surface area (TPSA) is 45.2 Å². The number of aromatic nitrogens is 1. The Kier molecular flexibility index (Phi) is 3.86. The molecule has 0 saturated carbocycles. The lowest BCUT2D eigenvalue weighted by molar-refractivity contribution is 0.0216. The molecule has 5 heterocycles. The summed E-state index contributed by atoms with van der Waals surface area (Å²) in [6.07, 6.45) is 4.21. The number of halogens is 1. The zero-order valence-corrected chi connectivity index (χ0v) is 15.4. The Morgan fingerprint density at radius 3 is 2.95 bits per heavy atom. The number of thiophene rings is 1. The van der Waals surface area contributed by atoms with E-state index >= 15 is 0 Å². The lowest BCUT2D eigenvalue weighted by Gasteiger charge is -2.49. The zero-order chi connectivity index (χ0) is 15.3. The number of hydrogen-bond donors (Lipinski definition) is 1. The van der Waals surface area contributed by atoms with Gasteiger partial charge in [0.2, 0.25) is 0 Å². The van der Waals surface area contributed by atoms with Crippen molar-refractivity contribution >= 4 is 49.9 Å². The fourth-order valence-corrected chi connectivity index (χ4v) is 5.57. The molecule has 1 amide bonds. The molecule has 116 valence electrons. The van der Waals surface area contributed by atoms with E-state index in [0.717, 1.165) is 10.1 Å². The number of pyridine rings is 1. The Morgan fingerprint density at radius 1 is 1.45 bits per heavy atom. The minimum absolute atomic E-state index is 0.0329. The van der Waals surface area contributed by atoms with Gasteiger partial charge in [0, 0.05) is 32.6 Å². The molecule has 3 aliphatic rings. The third-order valence-corrected chi connectivity index (χ3v) is 7.37. The Labute approximate surface area is 147 Å². The molecule has 0 radical (unpaired) electrons. The molecule has 2 aromatic heterocycles. The van der Waals surface area contributed by atoms with Crippen molar-refractivity contribution in [3.05, 3.63) is 26.9 Å². The second kappa shape index (κ2) is 5.72. The molecule has 2 bridgehead atoms. The number of nitrogens with one attached hydrogen (secondary N) is 1. The molecule has 0 aromatic carbocycles. The molecule has 0 aliphatic carbocycles. The SMILES string of the molecule is CC1C(NC(=O)c2cc3c(I)csc3cn2)C2CCN1CC2. The summed E-state index contributed by atoms with van der Waals surface area (Å²) in [5, 5.41) is 6.48. The third kappa shape index (κ3) is 2.45. The van der Waals surface area contributed by atoms with E-state index in [9.17, 15) is 4.79 Å². The van der Waals surface area contributed by atoms with Gasteiger partial charge in [-0.05, 0) is 67.4 Å². The molecule has 5 rings (SSSR count). The van der Waals surface area contributed by atoms with Crippen LogP contribution in [0.15, 0.2) is 17.6 Å². The standard InChI is InChI=1S/C16H18IN3OS/c1-9-15(10-2-4-20(9)5-3-10)19-16(21)13-6-11-12(17)8-22-14(11)7-18-13/h6-10,15H,2-5H2,1H3,(H,19,21). The van der Waals surface area contributed by atoms with Crippen LogP contribution in [-0.2, 0) is 0 Å². The van der Waals surface area contributed by atoms with Crippen LogP contribution in [0.4, 0.5) is 0 Å². The van der Waals surface area contributed by atoms with Crippen LogP contribution in [-0.4, -0.2) is 41.0 Å². The molecule has 22 heavy (non-hydrogen) atoms. The minimum Gasteiger partial charge on any atom is -0.346 e. The number of hydrogen-bond acceptors (Lipinski definition) is 4. The highest BCUT2D eigenvalue weighted by molar-refractivity contribution is 14.1. The molecule has 1 N–H and O–H groups in total. The van der Waals surface area contributed by atoms with E-state index in [1.807, 2.05) is 12.3 Å². The summed E-state index contributed by atoms with van der Waals surface area (Å²) < 4.78 is 2.32.